The van der Waals surface area contributed by atoms with Gasteiger partial charge in [0.15, 0.2) is 0 Å². The maximum absolute atomic E-state index is 12.4. The third kappa shape index (κ3) is 2.69. The van der Waals surface area contributed by atoms with Crippen molar-refractivity contribution in [1.82, 2.24) is 10.2 Å². The maximum atomic E-state index is 12.4. The Labute approximate surface area is 110 Å². The van der Waals surface area contributed by atoms with Crippen LogP contribution in [0.1, 0.15) is 52.9 Å². The summed E-state index contributed by atoms with van der Waals surface area (Å²) >= 11 is 0. The van der Waals surface area contributed by atoms with Crippen molar-refractivity contribution >= 4 is 5.91 Å². The first-order chi connectivity index (χ1) is 8.59. The van der Waals surface area contributed by atoms with Gasteiger partial charge in [0.25, 0.3) is 0 Å². The summed E-state index contributed by atoms with van der Waals surface area (Å²) < 4.78 is 5.82. The first-order valence-electron chi connectivity index (χ1n) is 7.30. The number of hydrogen-bond acceptors (Lipinski definition) is 3. The average Bonchev–Trinajstić information content (AvgIpc) is 2.89. The van der Waals surface area contributed by atoms with Crippen molar-refractivity contribution in [2.75, 3.05) is 13.2 Å². The van der Waals surface area contributed by atoms with E-state index in [2.05, 4.69) is 26.1 Å². The van der Waals surface area contributed by atoms with E-state index in [0.29, 0.717) is 0 Å². The van der Waals surface area contributed by atoms with Gasteiger partial charge in [-0.2, -0.15) is 0 Å². The van der Waals surface area contributed by atoms with Crippen LogP contribution in [0.25, 0.3) is 0 Å². The van der Waals surface area contributed by atoms with Crippen molar-refractivity contribution in [3.05, 3.63) is 0 Å². The van der Waals surface area contributed by atoms with Gasteiger partial charge in [-0.15, -0.1) is 0 Å². The van der Waals surface area contributed by atoms with E-state index in [1.807, 2.05) is 4.90 Å². The number of amides is 1. The summed E-state index contributed by atoms with van der Waals surface area (Å²) in [7, 11) is 0. The standard InChI is InChI=1S/C14H26N2O2/c1-4-7-12-15-11(5-2)13(17)16(12)10-14(3)8-6-9-18-14/h11-12,15H,4-10H2,1-3H3. The summed E-state index contributed by atoms with van der Waals surface area (Å²) in [5.41, 5.74) is -0.133. The Morgan fingerprint density at radius 3 is 2.83 bits per heavy atom. The van der Waals surface area contributed by atoms with Crippen molar-refractivity contribution in [3.8, 4) is 0 Å². The van der Waals surface area contributed by atoms with Gasteiger partial charge < -0.3 is 9.64 Å². The summed E-state index contributed by atoms with van der Waals surface area (Å²) in [4.78, 5) is 14.4. The molecule has 2 aliphatic rings. The fraction of sp³-hybridized carbons (Fsp3) is 0.929. The largest absolute Gasteiger partial charge is 0.373 e. The fourth-order valence-corrected chi connectivity index (χ4v) is 3.06. The van der Waals surface area contributed by atoms with Gasteiger partial charge in [-0.25, -0.2) is 0 Å². The van der Waals surface area contributed by atoms with Crippen molar-refractivity contribution < 1.29 is 9.53 Å². The van der Waals surface area contributed by atoms with E-state index >= 15 is 0 Å². The van der Waals surface area contributed by atoms with E-state index < -0.39 is 0 Å². The lowest BCUT2D eigenvalue weighted by atomic mass is 10.0. The molecule has 0 spiro atoms. The van der Waals surface area contributed by atoms with E-state index in [-0.39, 0.29) is 23.7 Å². The van der Waals surface area contributed by atoms with Crippen LogP contribution in [-0.2, 0) is 9.53 Å². The van der Waals surface area contributed by atoms with E-state index in [1.54, 1.807) is 0 Å². The Morgan fingerprint density at radius 1 is 1.50 bits per heavy atom. The molecule has 0 aliphatic carbocycles. The van der Waals surface area contributed by atoms with Crippen molar-refractivity contribution in [3.63, 3.8) is 0 Å². The predicted molar refractivity (Wildman–Crippen MR) is 71.2 cm³/mol. The molecule has 0 radical (unpaired) electrons. The lowest BCUT2D eigenvalue weighted by Crippen LogP contribution is -2.46. The monoisotopic (exact) mass is 254 g/mol. The van der Waals surface area contributed by atoms with Crippen LogP contribution in [0.4, 0.5) is 0 Å². The summed E-state index contributed by atoms with van der Waals surface area (Å²) in [6.45, 7) is 7.93. The van der Waals surface area contributed by atoms with E-state index in [9.17, 15) is 4.79 Å². The predicted octanol–water partition coefficient (Wildman–Crippen LogP) is 1.89. The van der Waals surface area contributed by atoms with Crippen molar-refractivity contribution in [2.45, 2.75) is 70.7 Å². The van der Waals surface area contributed by atoms with Crippen molar-refractivity contribution in [2.24, 2.45) is 0 Å². The molecule has 4 nitrogen and oxygen atoms in total. The fourth-order valence-electron chi connectivity index (χ4n) is 3.06. The summed E-state index contributed by atoms with van der Waals surface area (Å²) in [6, 6.07) is 0.00607. The first-order valence-corrected chi connectivity index (χ1v) is 7.30. The summed E-state index contributed by atoms with van der Waals surface area (Å²) in [5.74, 6) is 0.257. The van der Waals surface area contributed by atoms with Gasteiger partial charge in [0.1, 0.15) is 0 Å². The van der Waals surface area contributed by atoms with Crippen LogP contribution in [0.15, 0.2) is 0 Å². The molecule has 0 aromatic heterocycles. The van der Waals surface area contributed by atoms with E-state index in [1.165, 1.54) is 0 Å². The Morgan fingerprint density at radius 2 is 2.28 bits per heavy atom. The zero-order valence-corrected chi connectivity index (χ0v) is 11.9. The second kappa shape index (κ2) is 5.57. The second-order valence-corrected chi connectivity index (χ2v) is 5.80. The topological polar surface area (TPSA) is 41.6 Å². The molecule has 3 unspecified atom stereocenters. The number of rotatable bonds is 5. The Kier molecular flexibility index (Phi) is 4.28. The smallest absolute Gasteiger partial charge is 0.241 e. The van der Waals surface area contributed by atoms with Crippen LogP contribution >= 0.6 is 0 Å². The molecule has 0 saturated carbocycles. The normalized spacial score (nSPS) is 36.6. The molecular weight excluding hydrogens is 228 g/mol. The maximum Gasteiger partial charge on any atom is 0.241 e. The lowest BCUT2D eigenvalue weighted by Gasteiger charge is -2.32. The Hall–Kier alpha value is -0.610. The molecule has 2 aliphatic heterocycles. The van der Waals surface area contributed by atoms with E-state index in [4.69, 9.17) is 4.74 Å². The number of hydrogen-bond donors (Lipinski definition) is 1. The quantitative estimate of drug-likeness (QED) is 0.814. The minimum atomic E-state index is -0.133. The highest BCUT2D eigenvalue weighted by molar-refractivity contribution is 5.84. The zero-order chi connectivity index (χ0) is 13.2. The SMILES string of the molecule is CCCC1NC(CC)C(=O)N1CC1(C)CCCO1. The molecule has 0 bridgehead atoms. The molecule has 18 heavy (non-hydrogen) atoms. The van der Waals surface area contributed by atoms with Crippen LogP contribution in [0.5, 0.6) is 0 Å². The highest BCUT2D eigenvalue weighted by Crippen LogP contribution is 2.29. The molecule has 2 fully saturated rings. The van der Waals surface area contributed by atoms with Gasteiger partial charge in [0, 0.05) is 6.61 Å². The molecule has 0 aromatic carbocycles. The molecule has 2 heterocycles. The lowest BCUT2D eigenvalue weighted by molar-refractivity contribution is -0.133. The van der Waals surface area contributed by atoms with Gasteiger partial charge in [0.2, 0.25) is 5.91 Å². The molecule has 2 saturated heterocycles. The molecule has 0 aromatic rings. The number of carbonyl (C=O) groups is 1. The van der Waals surface area contributed by atoms with Crippen LogP contribution in [-0.4, -0.2) is 41.8 Å². The minimum Gasteiger partial charge on any atom is -0.373 e. The van der Waals surface area contributed by atoms with Crippen LogP contribution in [0.2, 0.25) is 0 Å². The molecule has 2 rings (SSSR count). The van der Waals surface area contributed by atoms with Crippen molar-refractivity contribution in [1.29, 1.82) is 0 Å². The summed E-state index contributed by atoms with van der Waals surface area (Å²) in [5, 5.41) is 3.45. The van der Waals surface area contributed by atoms with Gasteiger partial charge in [-0.3, -0.25) is 10.1 Å². The average molecular weight is 254 g/mol. The highest BCUT2D eigenvalue weighted by atomic mass is 16.5. The van der Waals surface area contributed by atoms with Gasteiger partial charge in [0.05, 0.1) is 24.4 Å². The third-order valence-corrected chi connectivity index (χ3v) is 4.13. The number of carbonyl (C=O) groups excluding carboxylic acids is 1. The highest BCUT2D eigenvalue weighted by Gasteiger charge is 2.42. The van der Waals surface area contributed by atoms with Gasteiger partial charge in [-0.1, -0.05) is 20.3 Å². The minimum absolute atomic E-state index is 0.00607. The second-order valence-electron chi connectivity index (χ2n) is 5.80. The van der Waals surface area contributed by atoms with Crippen LogP contribution < -0.4 is 5.32 Å². The number of nitrogens with zero attached hydrogens (tertiary/aromatic N) is 1. The molecule has 4 heteroatoms. The number of nitrogens with one attached hydrogen (secondary N) is 1. The number of ether oxygens (including phenoxy) is 1. The van der Waals surface area contributed by atoms with Gasteiger partial charge in [-0.05, 0) is 32.6 Å². The molecular formula is C14H26N2O2. The molecule has 104 valence electrons. The third-order valence-electron chi connectivity index (χ3n) is 4.13. The molecule has 1 amide bonds. The first kappa shape index (κ1) is 13.8. The Balaban J connectivity index is 2.05. The van der Waals surface area contributed by atoms with Crippen LogP contribution in [0, 0.1) is 0 Å². The molecule has 3 atom stereocenters. The Bertz CT molecular complexity index is 300. The van der Waals surface area contributed by atoms with E-state index in [0.717, 1.165) is 45.3 Å². The van der Waals surface area contributed by atoms with Crippen LogP contribution in [0.3, 0.4) is 0 Å². The molecule has 1 N–H and O–H groups in total. The summed E-state index contributed by atoms with van der Waals surface area (Å²) in [6.07, 6.45) is 5.36. The zero-order valence-electron chi connectivity index (χ0n) is 11.9. The van der Waals surface area contributed by atoms with Gasteiger partial charge >= 0.3 is 0 Å².